The molecule has 0 aliphatic carbocycles. The Bertz CT molecular complexity index is 1500. The number of esters is 1. The predicted molar refractivity (Wildman–Crippen MR) is 137 cm³/mol. The lowest BCUT2D eigenvalue weighted by molar-refractivity contribution is -0.140. The van der Waals surface area contributed by atoms with Gasteiger partial charge in [-0.1, -0.05) is 41.7 Å². The molecule has 8 nitrogen and oxygen atoms in total. The number of allylic oxidation sites excluding steroid dienone is 1. The van der Waals surface area contributed by atoms with Crippen LogP contribution in [0.1, 0.15) is 29.7 Å². The Hall–Kier alpha value is -3.69. The summed E-state index contributed by atoms with van der Waals surface area (Å²) >= 11 is 1.27. The number of ether oxygens (including phenoxy) is 4. The Balaban J connectivity index is 1.92. The number of thiazole rings is 1. The Morgan fingerprint density at radius 3 is 2.53 bits per heavy atom. The van der Waals surface area contributed by atoms with Gasteiger partial charge in [0.05, 0.1) is 36.6 Å². The highest BCUT2D eigenvalue weighted by molar-refractivity contribution is 7.07. The van der Waals surface area contributed by atoms with Crippen molar-refractivity contribution in [1.82, 2.24) is 4.57 Å². The fourth-order valence-corrected chi connectivity index (χ4v) is 5.19. The highest BCUT2D eigenvalue weighted by Gasteiger charge is 2.35. The van der Waals surface area contributed by atoms with E-state index < -0.39 is 12.0 Å². The van der Waals surface area contributed by atoms with E-state index in [4.69, 9.17) is 18.9 Å². The molecular weight excluding hydrogens is 480 g/mol. The maximum absolute atomic E-state index is 13.8. The van der Waals surface area contributed by atoms with Crippen LogP contribution in [0.3, 0.4) is 0 Å². The number of hydrogen-bond acceptors (Lipinski definition) is 8. The van der Waals surface area contributed by atoms with Crippen molar-refractivity contribution in [2.45, 2.75) is 19.9 Å². The molecule has 0 saturated carbocycles. The molecule has 188 valence electrons. The van der Waals surface area contributed by atoms with Crippen molar-refractivity contribution in [2.75, 3.05) is 34.5 Å². The molecule has 0 bridgehead atoms. The number of carbonyl (C=O) groups is 1. The van der Waals surface area contributed by atoms with E-state index in [-0.39, 0.29) is 24.3 Å². The summed E-state index contributed by atoms with van der Waals surface area (Å²) in [6.45, 7) is 4.05. The molecule has 4 rings (SSSR count). The normalized spacial score (nSPS) is 15.4. The third kappa shape index (κ3) is 4.84. The summed E-state index contributed by atoms with van der Waals surface area (Å²) in [4.78, 5) is 32.1. The zero-order valence-electron chi connectivity index (χ0n) is 20.9. The Labute approximate surface area is 212 Å². The number of aryl methyl sites for hydroxylation is 1. The van der Waals surface area contributed by atoms with Gasteiger partial charge in [-0.15, -0.1) is 0 Å². The number of para-hydroxylation sites is 1. The summed E-state index contributed by atoms with van der Waals surface area (Å²) in [6.07, 6.45) is 1.81. The first-order chi connectivity index (χ1) is 17.4. The molecule has 0 spiro atoms. The van der Waals surface area contributed by atoms with Gasteiger partial charge in [0.2, 0.25) is 0 Å². The van der Waals surface area contributed by atoms with Crippen molar-refractivity contribution in [3.05, 3.63) is 90.1 Å². The van der Waals surface area contributed by atoms with E-state index in [0.717, 1.165) is 16.9 Å². The number of fused-ring (bicyclic) bond motifs is 1. The van der Waals surface area contributed by atoms with Crippen molar-refractivity contribution in [2.24, 2.45) is 4.99 Å². The zero-order chi connectivity index (χ0) is 25.8. The second-order valence-electron chi connectivity index (χ2n) is 8.18. The van der Waals surface area contributed by atoms with Crippen LogP contribution in [0.25, 0.3) is 6.08 Å². The van der Waals surface area contributed by atoms with Gasteiger partial charge in [-0.2, -0.15) is 0 Å². The monoisotopic (exact) mass is 508 g/mol. The van der Waals surface area contributed by atoms with E-state index in [1.54, 1.807) is 37.9 Å². The predicted octanol–water partition coefficient (Wildman–Crippen LogP) is 2.75. The summed E-state index contributed by atoms with van der Waals surface area (Å²) in [6, 6.07) is 12.3. The third-order valence-electron chi connectivity index (χ3n) is 5.93. The number of methoxy groups -OCH3 is 3. The molecule has 1 aliphatic heterocycles. The van der Waals surface area contributed by atoms with Crippen LogP contribution in [0.5, 0.6) is 11.5 Å². The minimum absolute atomic E-state index is 0.0877. The summed E-state index contributed by atoms with van der Waals surface area (Å²) in [5.74, 6) is 0.736. The van der Waals surface area contributed by atoms with Gasteiger partial charge < -0.3 is 18.9 Å². The molecule has 36 heavy (non-hydrogen) atoms. The summed E-state index contributed by atoms with van der Waals surface area (Å²) in [5.41, 5.74) is 3.00. The van der Waals surface area contributed by atoms with Gasteiger partial charge >= 0.3 is 5.97 Å². The maximum Gasteiger partial charge on any atom is 0.338 e. The molecule has 0 radical (unpaired) electrons. The largest absolute Gasteiger partial charge is 0.496 e. The summed E-state index contributed by atoms with van der Waals surface area (Å²) < 4.78 is 23.5. The molecule has 1 atom stereocenters. The van der Waals surface area contributed by atoms with Gasteiger partial charge in [0.25, 0.3) is 5.56 Å². The summed E-state index contributed by atoms with van der Waals surface area (Å²) in [5, 5.41) is 0. The molecule has 2 heterocycles. The highest BCUT2D eigenvalue weighted by atomic mass is 32.1. The van der Waals surface area contributed by atoms with Crippen LogP contribution in [0, 0.1) is 6.92 Å². The van der Waals surface area contributed by atoms with E-state index in [2.05, 4.69) is 4.99 Å². The van der Waals surface area contributed by atoms with Crippen LogP contribution >= 0.6 is 11.3 Å². The molecule has 1 aliphatic rings. The maximum atomic E-state index is 13.8. The number of rotatable bonds is 8. The lowest BCUT2D eigenvalue weighted by atomic mass is 9.95. The fourth-order valence-electron chi connectivity index (χ4n) is 4.14. The molecule has 0 N–H and O–H groups in total. The van der Waals surface area contributed by atoms with Crippen molar-refractivity contribution in [1.29, 1.82) is 0 Å². The second kappa shape index (κ2) is 10.9. The number of benzene rings is 2. The first kappa shape index (κ1) is 25.4. The second-order valence-corrected chi connectivity index (χ2v) is 9.19. The quantitative estimate of drug-likeness (QED) is 0.344. The summed E-state index contributed by atoms with van der Waals surface area (Å²) in [7, 11) is 4.70. The topological polar surface area (TPSA) is 88.4 Å². The molecular formula is C27H28N2O6S. The van der Waals surface area contributed by atoms with Crippen molar-refractivity contribution in [3.63, 3.8) is 0 Å². The standard InChI is InChI=1S/C27H28N2O6S/c1-16-10-11-18(14-21(16)34-5)15-22-25(30)29-24(19-8-6-7-9-20(19)33-4)23(17(2)28-27(29)36-22)26(31)35-13-12-32-3/h6-11,14-15,24H,12-13H2,1-5H3. The van der Waals surface area contributed by atoms with Crippen molar-refractivity contribution in [3.8, 4) is 11.5 Å². The molecule has 1 aromatic heterocycles. The molecule has 3 aromatic rings. The van der Waals surface area contributed by atoms with Crippen LogP contribution in [0.15, 0.2) is 63.5 Å². The lowest BCUT2D eigenvalue weighted by Crippen LogP contribution is -2.40. The number of aromatic nitrogens is 1. The average Bonchev–Trinajstić information content (AvgIpc) is 3.18. The van der Waals surface area contributed by atoms with E-state index in [9.17, 15) is 9.59 Å². The van der Waals surface area contributed by atoms with Crippen molar-refractivity contribution < 1.29 is 23.7 Å². The van der Waals surface area contributed by atoms with Gasteiger partial charge in [0.15, 0.2) is 4.80 Å². The third-order valence-corrected chi connectivity index (χ3v) is 6.91. The van der Waals surface area contributed by atoms with E-state index in [0.29, 0.717) is 26.3 Å². The van der Waals surface area contributed by atoms with E-state index in [1.165, 1.54) is 18.4 Å². The van der Waals surface area contributed by atoms with Crippen molar-refractivity contribution >= 4 is 23.4 Å². The highest BCUT2D eigenvalue weighted by Crippen LogP contribution is 2.35. The minimum atomic E-state index is -0.762. The minimum Gasteiger partial charge on any atom is -0.496 e. The molecule has 0 fully saturated rings. The van der Waals surface area contributed by atoms with Gasteiger partial charge in [-0.25, -0.2) is 9.79 Å². The molecule has 2 aromatic carbocycles. The SMILES string of the molecule is COCCOC(=O)C1=C(C)N=c2sc(=Cc3ccc(C)c(OC)c3)c(=O)n2C1c1ccccc1OC. The number of carbonyl (C=O) groups excluding carboxylic acids is 1. The Kier molecular flexibility index (Phi) is 7.71. The van der Waals surface area contributed by atoms with E-state index in [1.807, 2.05) is 43.3 Å². The van der Waals surface area contributed by atoms with Crippen LogP contribution in [-0.2, 0) is 14.3 Å². The van der Waals surface area contributed by atoms with Gasteiger partial charge in [0.1, 0.15) is 24.1 Å². The molecule has 0 amide bonds. The van der Waals surface area contributed by atoms with Crippen LogP contribution < -0.4 is 24.4 Å². The van der Waals surface area contributed by atoms with Crippen LogP contribution in [0.2, 0.25) is 0 Å². The smallest absolute Gasteiger partial charge is 0.338 e. The fraction of sp³-hybridized carbons (Fsp3) is 0.296. The Morgan fingerprint density at radius 1 is 1.06 bits per heavy atom. The Morgan fingerprint density at radius 2 is 1.81 bits per heavy atom. The average molecular weight is 509 g/mol. The zero-order valence-corrected chi connectivity index (χ0v) is 21.7. The van der Waals surface area contributed by atoms with Gasteiger partial charge in [0, 0.05) is 12.7 Å². The molecule has 0 saturated heterocycles. The van der Waals surface area contributed by atoms with Crippen LogP contribution in [0.4, 0.5) is 0 Å². The van der Waals surface area contributed by atoms with Crippen LogP contribution in [-0.4, -0.2) is 45.1 Å². The van der Waals surface area contributed by atoms with Gasteiger partial charge in [-0.3, -0.25) is 9.36 Å². The first-order valence-corrected chi connectivity index (χ1v) is 12.2. The number of nitrogens with zero attached hydrogens (tertiary/aromatic N) is 2. The molecule has 9 heteroatoms. The first-order valence-electron chi connectivity index (χ1n) is 11.4. The van der Waals surface area contributed by atoms with E-state index >= 15 is 0 Å². The number of hydrogen-bond donors (Lipinski definition) is 0. The van der Waals surface area contributed by atoms with Gasteiger partial charge in [-0.05, 0) is 43.2 Å². The lowest BCUT2D eigenvalue weighted by Gasteiger charge is -2.26. The molecule has 1 unspecified atom stereocenters.